The summed E-state index contributed by atoms with van der Waals surface area (Å²) in [5.74, 6) is -7.75. The van der Waals surface area contributed by atoms with Crippen LogP contribution in [0.3, 0.4) is 0 Å². The van der Waals surface area contributed by atoms with Gasteiger partial charge in [0.25, 0.3) is 0 Å². The van der Waals surface area contributed by atoms with E-state index in [1.165, 1.54) is 13.0 Å². The van der Waals surface area contributed by atoms with Crippen molar-refractivity contribution >= 4 is 64.3 Å². The van der Waals surface area contributed by atoms with Crippen LogP contribution in [0.1, 0.15) is 45.4 Å². The summed E-state index contributed by atoms with van der Waals surface area (Å²) in [5.41, 5.74) is 12.2. The number of morpholine rings is 1. The zero-order valence-electron chi connectivity index (χ0n) is 32.8. The first kappa shape index (κ1) is 45.8. The molecule has 322 valence electrons. The average molecular weight is 837 g/mol. The van der Waals surface area contributed by atoms with Crippen LogP contribution in [0, 0.1) is 0 Å². The fraction of sp³-hybridized carbons (Fsp3) is 0.410. The lowest BCUT2D eigenvalue weighted by Crippen LogP contribution is -2.57. The number of nitrogens with two attached hydrogens (primary N) is 2. The van der Waals surface area contributed by atoms with Crippen molar-refractivity contribution in [3.8, 4) is 11.1 Å². The van der Waals surface area contributed by atoms with Crippen molar-refractivity contribution in [1.29, 1.82) is 0 Å². The minimum Gasteiger partial charge on any atom is -0.548 e. The zero-order valence-corrected chi connectivity index (χ0v) is 32.8. The number of carbonyl (C=O) groups excluding carboxylic acids is 6. The third-order valence-corrected chi connectivity index (χ3v) is 9.31. The molecule has 9 N–H and O–H groups in total. The van der Waals surface area contributed by atoms with Gasteiger partial charge in [-0.25, -0.2) is 4.79 Å². The molecule has 4 amide bonds. The van der Waals surface area contributed by atoms with E-state index >= 15 is 0 Å². The van der Waals surface area contributed by atoms with Crippen molar-refractivity contribution in [2.24, 2.45) is 16.5 Å². The van der Waals surface area contributed by atoms with E-state index < -0.39 is 90.1 Å². The van der Waals surface area contributed by atoms with Crippen molar-refractivity contribution in [2.75, 3.05) is 39.4 Å². The Labute approximate surface area is 343 Å². The first-order valence-electron chi connectivity index (χ1n) is 19.1. The number of carboxylic acids is 2. The van der Waals surface area contributed by atoms with Crippen molar-refractivity contribution in [2.45, 2.75) is 63.6 Å². The maximum absolute atomic E-state index is 13.4. The number of aliphatic carboxylic acids is 2. The molecule has 21 heteroatoms. The lowest BCUT2D eigenvalue weighted by Gasteiger charge is -2.34. The van der Waals surface area contributed by atoms with E-state index in [1.807, 2.05) is 36.4 Å². The van der Waals surface area contributed by atoms with Gasteiger partial charge in [0.05, 0.1) is 42.9 Å². The number of aliphatic imine (C=N–C) groups is 1. The second kappa shape index (κ2) is 21.8. The van der Waals surface area contributed by atoms with Crippen LogP contribution < -0.4 is 47.9 Å². The highest BCUT2D eigenvalue weighted by molar-refractivity contribution is 5.95. The molecule has 2 heterocycles. The Morgan fingerprint density at radius 1 is 0.900 bits per heavy atom. The molecule has 21 nitrogen and oxygen atoms in total. The van der Waals surface area contributed by atoms with Gasteiger partial charge in [-0.15, -0.1) is 0 Å². The van der Waals surface area contributed by atoms with E-state index in [9.17, 15) is 48.6 Å². The SMILES string of the molecule is CCC(NC(=O)C(CC(=O)O)NC(=O)CNC(=O)C(CCCN=C(N)N)NC(=O)CCC(=O)O[N+]1(c2cc(=O)c3cccc(-c4ccccc4)c3o2)CCOCC1)C(=O)[O-]. The highest BCUT2D eigenvalue weighted by Gasteiger charge is 2.42. The van der Waals surface area contributed by atoms with E-state index in [-0.39, 0.29) is 69.4 Å². The molecule has 3 unspecified atom stereocenters. The Bertz CT molecular complexity index is 2130. The summed E-state index contributed by atoms with van der Waals surface area (Å²) in [6.07, 6.45) is -1.71. The third-order valence-electron chi connectivity index (χ3n) is 9.31. The smallest absolute Gasteiger partial charge is 0.367 e. The summed E-state index contributed by atoms with van der Waals surface area (Å²) >= 11 is 0. The predicted octanol–water partition coefficient (Wildman–Crippen LogP) is -1.71. The zero-order chi connectivity index (χ0) is 43.8. The highest BCUT2D eigenvalue weighted by Crippen LogP contribution is 2.33. The lowest BCUT2D eigenvalue weighted by atomic mass is 10.0. The molecule has 3 aromatic rings. The number of benzene rings is 2. The molecule has 0 spiro atoms. The van der Waals surface area contributed by atoms with E-state index in [1.54, 1.807) is 12.1 Å². The molecule has 1 aliphatic rings. The highest BCUT2D eigenvalue weighted by atomic mass is 16.8. The van der Waals surface area contributed by atoms with Crippen LogP contribution in [0.4, 0.5) is 5.88 Å². The number of carbonyl (C=O) groups is 7. The number of nitrogens with one attached hydrogen (secondary N) is 4. The van der Waals surface area contributed by atoms with Crippen LogP contribution in [0.2, 0.25) is 0 Å². The lowest BCUT2D eigenvalue weighted by molar-refractivity contribution is -0.308. The molecule has 2 aromatic carbocycles. The van der Waals surface area contributed by atoms with Crippen LogP contribution in [0.5, 0.6) is 0 Å². The Kier molecular flexibility index (Phi) is 16.6. The number of hydrogen-bond donors (Lipinski definition) is 7. The molecule has 0 radical (unpaired) electrons. The summed E-state index contributed by atoms with van der Waals surface area (Å²) in [6.45, 7) is 1.29. The number of para-hydroxylation sites is 1. The van der Waals surface area contributed by atoms with Gasteiger partial charge in [0.15, 0.2) is 30.1 Å². The summed E-state index contributed by atoms with van der Waals surface area (Å²) in [7, 11) is 0. The summed E-state index contributed by atoms with van der Waals surface area (Å²) in [4.78, 5) is 111. The summed E-state index contributed by atoms with van der Waals surface area (Å²) in [6, 6.07) is 11.4. The van der Waals surface area contributed by atoms with Crippen LogP contribution in [-0.2, 0) is 43.1 Å². The molecule has 0 saturated carbocycles. The maximum Gasteiger partial charge on any atom is 0.367 e. The van der Waals surface area contributed by atoms with Crippen LogP contribution >= 0.6 is 0 Å². The fourth-order valence-electron chi connectivity index (χ4n) is 6.22. The van der Waals surface area contributed by atoms with E-state index in [0.29, 0.717) is 16.5 Å². The number of hydroxylamine groups is 2. The number of hydrogen-bond acceptors (Lipinski definition) is 13. The second-order valence-electron chi connectivity index (χ2n) is 13.7. The van der Waals surface area contributed by atoms with Crippen molar-refractivity contribution in [3.05, 3.63) is 64.8 Å². The van der Waals surface area contributed by atoms with Crippen LogP contribution in [0.15, 0.2) is 68.8 Å². The molecule has 4 rings (SSSR count). The van der Waals surface area contributed by atoms with Gasteiger partial charge >= 0.3 is 17.8 Å². The van der Waals surface area contributed by atoms with Crippen LogP contribution in [0.25, 0.3) is 22.1 Å². The molecule has 1 aliphatic heterocycles. The van der Waals surface area contributed by atoms with Gasteiger partial charge < -0.3 is 56.9 Å². The molecular formula is C39H48N8O13. The molecule has 60 heavy (non-hydrogen) atoms. The normalized spacial score (nSPS) is 14.7. The fourth-order valence-corrected chi connectivity index (χ4v) is 6.22. The average Bonchev–Trinajstić information content (AvgIpc) is 3.22. The van der Waals surface area contributed by atoms with Crippen molar-refractivity contribution in [1.82, 2.24) is 25.9 Å². The second-order valence-corrected chi connectivity index (χ2v) is 13.7. The minimum absolute atomic E-state index is 0.0297. The Morgan fingerprint density at radius 2 is 1.60 bits per heavy atom. The predicted molar refractivity (Wildman–Crippen MR) is 212 cm³/mol. The van der Waals surface area contributed by atoms with Crippen LogP contribution in [-0.4, -0.2) is 110 Å². The standard InChI is InChI=1S/C39H48N8O13/c1-2-26(38(56)57)46-37(55)28(20-33(51)52)45-31(50)22-43-36(54)27(12-7-15-42-39(40)41)44-30(49)13-14-34(53)60-47(16-18-58-19-17-47)32-21-29(48)25-11-6-10-24(35(25)59-32)23-8-4-3-5-9-23/h3-6,8-11,21,26-28H,2,7,12-20,22H2,1H3,(H9-,40,41,42,43,44,45,46,49,50,51,52,54,55,56,57). The first-order chi connectivity index (χ1) is 28.6. The van der Waals surface area contributed by atoms with Gasteiger partial charge in [-0.05, 0) is 30.9 Å². The number of amides is 4. The summed E-state index contributed by atoms with van der Waals surface area (Å²) in [5, 5.41) is 29.8. The summed E-state index contributed by atoms with van der Waals surface area (Å²) < 4.78 is 11.4. The molecular weight excluding hydrogens is 788 g/mol. The van der Waals surface area contributed by atoms with Gasteiger partial charge in [-0.3, -0.25) is 38.6 Å². The third kappa shape index (κ3) is 13.1. The number of quaternary nitrogens is 1. The number of carboxylic acid groups (broad SMARTS) is 2. The molecule has 0 aliphatic carbocycles. The number of rotatable bonds is 21. The number of nitrogens with zero attached hydrogens (tertiary/aromatic N) is 2. The first-order valence-corrected chi connectivity index (χ1v) is 19.1. The van der Waals surface area contributed by atoms with Gasteiger partial charge in [0.2, 0.25) is 23.6 Å². The molecule has 1 saturated heterocycles. The Morgan fingerprint density at radius 3 is 2.25 bits per heavy atom. The largest absolute Gasteiger partial charge is 0.548 e. The number of fused-ring (bicyclic) bond motifs is 1. The van der Waals surface area contributed by atoms with Gasteiger partial charge in [0, 0.05) is 18.5 Å². The molecule has 0 bridgehead atoms. The Hall–Kier alpha value is -6.87. The Balaban J connectivity index is 1.42. The quantitative estimate of drug-likeness (QED) is 0.0272. The topological polar surface area (TPSA) is 324 Å². The number of ether oxygens (including phenoxy) is 1. The van der Waals surface area contributed by atoms with Gasteiger partial charge in [-0.2, -0.15) is 0 Å². The van der Waals surface area contributed by atoms with Gasteiger partial charge in [-0.1, -0.05) is 54.0 Å². The monoisotopic (exact) mass is 836 g/mol. The molecule has 1 aromatic heterocycles. The molecule has 1 fully saturated rings. The van der Waals surface area contributed by atoms with Crippen molar-refractivity contribution in [3.63, 3.8) is 0 Å². The maximum atomic E-state index is 13.4. The molecule has 3 atom stereocenters. The van der Waals surface area contributed by atoms with E-state index in [2.05, 4.69) is 26.3 Å². The van der Waals surface area contributed by atoms with E-state index in [0.717, 1.165) is 5.56 Å². The number of guanidine groups is 1. The van der Waals surface area contributed by atoms with Gasteiger partial charge in [0.1, 0.15) is 25.3 Å². The van der Waals surface area contributed by atoms with Crippen molar-refractivity contribution < 1.29 is 57.8 Å². The van der Waals surface area contributed by atoms with E-state index in [4.69, 9.17) is 25.5 Å². The minimum atomic E-state index is -1.70.